The van der Waals surface area contributed by atoms with Gasteiger partial charge >= 0.3 is 0 Å². The first-order valence-electron chi connectivity index (χ1n) is 9.99. The molecule has 2 heterocycles. The number of nitrogens with zero attached hydrogens (tertiary/aromatic N) is 4. The summed E-state index contributed by atoms with van der Waals surface area (Å²) in [5.74, 6) is -0.438. The van der Waals surface area contributed by atoms with Gasteiger partial charge in [0.15, 0.2) is 16.1 Å². The number of para-hydroxylation sites is 2. The molecule has 0 bridgehead atoms. The van der Waals surface area contributed by atoms with Gasteiger partial charge in [-0.15, -0.1) is 21.5 Å². The van der Waals surface area contributed by atoms with Gasteiger partial charge in [-0.1, -0.05) is 36.0 Å². The van der Waals surface area contributed by atoms with Gasteiger partial charge in [0.1, 0.15) is 11.6 Å². The van der Waals surface area contributed by atoms with Crippen LogP contribution in [0.5, 0.6) is 5.75 Å². The minimum atomic E-state index is -0.617. The molecule has 12 heteroatoms. The zero-order chi connectivity index (χ0) is 23.9. The summed E-state index contributed by atoms with van der Waals surface area (Å²) in [7, 11) is 1.54. The molecular formula is C22H19FN6O3S2. The summed E-state index contributed by atoms with van der Waals surface area (Å²) in [6, 6.07) is 12.9. The molecule has 2 amide bonds. The molecule has 0 aliphatic heterocycles. The van der Waals surface area contributed by atoms with Crippen LogP contribution in [0.2, 0.25) is 0 Å². The van der Waals surface area contributed by atoms with E-state index in [-0.39, 0.29) is 23.8 Å². The topological polar surface area (TPSA) is 111 Å². The number of methoxy groups -OCH3 is 1. The van der Waals surface area contributed by atoms with E-state index in [9.17, 15) is 14.0 Å². The lowest BCUT2D eigenvalue weighted by Gasteiger charge is -2.14. The van der Waals surface area contributed by atoms with Crippen LogP contribution in [0.15, 0.2) is 65.3 Å². The summed E-state index contributed by atoms with van der Waals surface area (Å²) >= 11 is 2.49. The summed E-state index contributed by atoms with van der Waals surface area (Å²) in [5.41, 5.74) is 0.562. The molecule has 0 saturated carbocycles. The number of halogens is 1. The van der Waals surface area contributed by atoms with Crippen molar-refractivity contribution in [1.29, 1.82) is 0 Å². The molecule has 2 N–H and O–H groups in total. The highest BCUT2D eigenvalue weighted by atomic mass is 32.2. The maximum Gasteiger partial charge on any atom is 0.254 e. The van der Waals surface area contributed by atoms with Crippen molar-refractivity contribution >= 4 is 40.0 Å². The molecule has 0 atom stereocenters. The molecule has 2 aromatic heterocycles. The lowest BCUT2D eigenvalue weighted by Crippen LogP contribution is -2.25. The van der Waals surface area contributed by atoms with Crippen molar-refractivity contribution in [2.24, 2.45) is 0 Å². The largest absolute Gasteiger partial charge is 0.495 e. The lowest BCUT2D eigenvalue weighted by molar-refractivity contribution is -0.113. The van der Waals surface area contributed by atoms with Crippen LogP contribution in [-0.4, -0.2) is 44.4 Å². The minimum Gasteiger partial charge on any atom is -0.495 e. The number of anilines is 1. The van der Waals surface area contributed by atoms with Gasteiger partial charge in [0.2, 0.25) is 5.91 Å². The van der Waals surface area contributed by atoms with Crippen LogP contribution in [0.25, 0.3) is 5.69 Å². The predicted octanol–water partition coefficient (Wildman–Crippen LogP) is 3.53. The van der Waals surface area contributed by atoms with Gasteiger partial charge < -0.3 is 15.4 Å². The molecule has 0 unspecified atom stereocenters. The van der Waals surface area contributed by atoms with E-state index < -0.39 is 11.7 Å². The molecule has 34 heavy (non-hydrogen) atoms. The molecule has 0 aliphatic rings. The average Bonchev–Trinajstić information content (AvgIpc) is 3.51. The molecule has 9 nitrogen and oxygen atoms in total. The number of benzene rings is 2. The minimum absolute atomic E-state index is 0.0237. The zero-order valence-electron chi connectivity index (χ0n) is 17.9. The number of ether oxygens (including phenoxy) is 1. The summed E-state index contributed by atoms with van der Waals surface area (Å²) in [6.07, 6.45) is 1.60. The van der Waals surface area contributed by atoms with E-state index >= 15 is 0 Å². The predicted molar refractivity (Wildman–Crippen MR) is 127 cm³/mol. The van der Waals surface area contributed by atoms with Crippen LogP contribution >= 0.6 is 23.1 Å². The van der Waals surface area contributed by atoms with Crippen molar-refractivity contribution in [1.82, 2.24) is 25.1 Å². The van der Waals surface area contributed by atoms with Gasteiger partial charge in [0.05, 0.1) is 30.7 Å². The van der Waals surface area contributed by atoms with Gasteiger partial charge in [0, 0.05) is 11.6 Å². The van der Waals surface area contributed by atoms with Gasteiger partial charge in [-0.2, -0.15) is 0 Å². The van der Waals surface area contributed by atoms with E-state index in [1.165, 1.54) is 48.4 Å². The van der Waals surface area contributed by atoms with Crippen LogP contribution in [0.1, 0.15) is 16.2 Å². The van der Waals surface area contributed by atoms with E-state index in [1.54, 1.807) is 28.3 Å². The first kappa shape index (κ1) is 23.4. The Bertz CT molecular complexity index is 1300. The number of rotatable bonds is 9. The smallest absolute Gasteiger partial charge is 0.254 e. The second-order valence-electron chi connectivity index (χ2n) is 6.74. The van der Waals surface area contributed by atoms with Crippen molar-refractivity contribution in [2.45, 2.75) is 11.7 Å². The van der Waals surface area contributed by atoms with Crippen molar-refractivity contribution in [2.75, 3.05) is 18.2 Å². The third-order valence-corrected chi connectivity index (χ3v) is 6.18. The Labute approximate surface area is 202 Å². The molecule has 2 aromatic carbocycles. The highest BCUT2D eigenvalue weighted by Crippen LogP contribution is 2.28. The van der Waals surface area contributed by atoms with Gasteiger partial charge in [0.25, 0.3) is 5.91 Å². The first-order valence-corrected chi connectivity index (χ1v) is 11.9. The average molecular weight is 499 g/mol. The van der Waals surface area contributed by atoms with Gasteiger partial charge in [-0.05, 0) is 24.3 Å². The Balaban J connectivity index is 1.56. The molecule has 0 radical (unpaired) electrons. The van der Waals surface area contributed by atoms with Crippen LogP contribution in [0.3, 0.4) is 0 Å². The molecule has 174 valence electrons. The van der Waals surface area contributed by atoms with E-state index in [4.69, 9.17) is 4.74 Å². The number of aromatic nitrogens is 4. The Kier molecular flexibility index (Phi) is 7.50. The SMILES string of the molecule is COc1ccccc1-n1c(CNC(=O)c2ccccc2F)nnc1SCC(=O)Nc1nccs1. The second kappa shape index (κ2) is 10.9. The van der Waals surface area contributed by atoms with E-state index in [0.717, 1.165) is 0 Å². The number of thioether (sulfide) groups is 1. The first-order chi connectivity index (χ1) is 16.6. The lowest BCUT2D eigenvalue weighted by atomic mass is 10.2. The van der Waals surface area contributed by atoms with E-state index in [2.05, 4.69) is 25.8 Å². The van der Waals surface area contributed by atoms with E-state index in [1.807, 2.05) is 18.2 Å². The Morgan fingerprint density at radius 2 is 1.94 bits per heavy atom. The van der Waals surface area contributed by atoms with Crippen molar-refractivity contribution in [3.8, 4) is 11.4 Å². The summed E-state index contributed by atoms with van der Waals surface area (Å²) in [4.78, 5) is 28.8. The quantitative estimate of drug-likeness (QED) is 0.340. The maximum absolute atomic E-state index is 14.0. The van der Waals surface area contributed by atoms with Gasteiger partial charge in [-0.3, -0.25) is 14.2 Å². The summed E-state index contributed by atoms with van der Waals surface area (Å²) < 4.78 is 21.1. The normalized spacial score (nSPS) is 10.6. The molecule has 4 rings (SSSR count). The number of carbonyl (C=O) groups is 2. The number of nitrogens with one attached hydrogen (secondary N) is 2. The Morgan fingerprint density at radius 1 is 1.15 bits per heavy atom. The van der Waals surface area contributed by atoms with Crippen molar-refractivity contribution < 1.29 is 18.7 Å². The molecular weight excluding hydrogens is 479 g/mol. The number of hydrogen-bond acceptors (Lipinski definition) is 8. The fraction of sp³-hybridized carbons (Fsp3) is 0.136. The number of thiazole rings is 1. The molecule has 0 aliphatic carbocycles. The highest BCUT2D eigenvalue weighted by Gasteiger charge is 2.20. The maximum atomic E-state index is 14.0. The van der Waals surface area contributed by atoms with Crippen molar-refractivity contribution in [3.05, 3.63) is 77.3 Å². The third kappa shape index (κ3) is 5.41. The molecule has 4 aromatic rings. The Hall–Kier alpha value is -3.77. The molecule has 0 fully saturated rings. The highest BCUT2D eigenvalue weighted by molar-refractivity contribution is 7.99. The molecule has 0 saturated heterocycles. The van der Waals surface area contributed by atoms with Crippen molar-refractivity contribution in [3.63, 3.8) is 0 Å². The number of carbonyl (C=O) groups excluding carboxylic acids is 2. The van der Waals surface area contributed by atoms with E-state index in [0.29, 0.717) is 27.5 Å². The zero-order valence-corrected chi connectivity index (χ0v) is 19.5. The summed E-state index contributed by atoms with van der Waals surface area (Å²) in [6.45, 7) is -0.0237. The third-order valence-electron chi connectivity index (χ3n) is 4.56. The van der Waals surface area contributed by atoms with Crippen LogP contribution < -0.4 is 15.4 Å². The second-order valence-corrected chi connectivity index (χ2v) is 8.58. The van der Waals surface area contributed by atoms with Crippen LogP contribution in [-0.2, 0) is 11.3 Å². The fourth-order valence-electron chi connectivity index (χ4n) is 3.04. The fourth-order valence-corrected chi connectivity index (χ4v) is 4.34. The van der Waals surface area contributed by atoms with Crippen LogP contribution in [0.4, 0.5) is 9.52 Å². The Morgan fingerprint density at radius 3 is 2.71 bits per heavy atom. The number of hydrogen-bond donors (Lipinski definition) is 2. The van der Waals surface area contributed by atoms with Crippen LogP contribution in [0, 0.1) is 5.82 Å². The molecule has 0 spiro atoms. The summed E-state index contributed by atoms with van der Waals surface area (Å²) in [5, 5.41) is 16.5. The van der Waals surface area contributed by atoms with Gasteiger partial charge in [-0.25, -0.2) is 9.37 Å². The number of amides is 2. The standard InChI is InChI=1S/C22H19FN6O3S2/c1-32-17-9-5-4-8-16(17)29-18(12-25-20(31)14-6-2-3-7-15(14)23)27-28-22(29)34-13-19(30)26-21-24-10-11-33-21/h2-11H,12-13H2,1H3,(H,25,31)(H,24,26,30). The monoisotopic (exact) mass is 498 g/mol.